The summed E-state index contributed by atoms with van der Waals surface area (Å²) in [6, 6.07) is 15.2. The molecule has 0 aliphatic heterocycles. The average Bonchev–Trinajstić information content (AvgIpc) is 2.83. The number of carboxylic acid groups (broad SMARTS) is 1. The maximum atomic E-state index is 13.0. The zero-order valence-corrected chi connectivity index (χ0v) is 20.4. The summed E-state index contributed by atoms with van der Waals surface area (Å²) in [5.74, 6) is -5.05. The molecule has 0 saturated heterocycles. The van der Waals surface area contributed by atoms with E-state index in [2.05, 4.69) is 5.32 Å². The number of halogens is 1. The molecule has 10 heteroatoms. The summed E-state index contributed by atoms with van der Waals surface area (Å²) in [5.41, 5.74) is -0.203. The number of hydrogen-bond donors (Lipinski definition) is 2. The van der Waals surface area contributed by atoms with Crippen LogP contribution in [-0.2, 0) is 23.8 Å². The Kier molecular flexibility index (Phi) is 10.2. The van der Waals surface area contributed by atoms with Gasteiger partial charge in [-0.1, -0.05) is 36.4 Å². The molecule has 0 saturated carbocycles. The highest BCUT2D eigenvalue weighted by atomic mass is 35.5. The van der Waals surface area contributed by atoms with Crippen LogP contribution in [0.15, 0.2) is 60.7 Å². The third kappa shape index (κ3) is 9.03. The van der Waals surface area contributed by atoms with E-state index in [9.17, 15) is 24.3 Å². The first-order valence-corrected chi connectivity index (χ1v) is 11.3. The number of aliphatic carboxylic acids is 1. The molecule has 35 heavy (non-hydrogen) atoms. The molecule has 2 N–H and O–H groups in total. The lowest BCUT2D eigenvalue weighted by Gasteiger charge is -2.27. The summed E-state index contributed by atoms with van der Waals surface area (Å²) >= 11 is 5.93. The first-order chi connectivity index (χ1) is 16.5. The maximum Gasteiger partial charge on any atom is 0.352 e. The fraction of sp³-hybridized carbons (Fsp3) is 0.360. The van der Waals surface area contributed by atoms with Crippen LogP contribution in [0.5, 0.6) is 0 Å². The summed E-state index contributed by atoms with van der Waals surface area (Å²) < 4.78 is 15.6. The van der Waals surface area contributed by atoms with Crippen LogP contribution < -0.4 is 5.32 Å². The molecule has 0 aromatic heterocycles. The first-order valence-electron chi connectivity index (χ1n) is 10.8. The van der Waals surface area contributed by atoms with Gasteiger partial charge in [0.1, 0.15) is 6.10 Å². The van der Waals surface area contributed by atoms with Crippen LogP contribution in [0.3, 0.4) is 0 Å². The number of esters is 3. The van der Waals surface area contributed by atoms with Crippen LogP contribution in [0.2, 0.25) is 0 Å². The monoisotopic (exact) mass is 505 g/mol. The van der Waals surface area contributed by atoms with E-state index in [1.807, 2.05) is 20.8 Å². The summed E-state index contributed by atoms with van der Waals surface area (Å²) in [7, 11) is 0. The molecule has 188 valence electrons. The van der Waals surface area contributed by atoms with Gasteiger partial charge < -0.3 is 24.6 Å². The van der Waals surface area contributed by atoms with E-state index in [1.165, 1.54) is 24.3 Å². The maximum absolute atomic E-state index is 13.0. The Hall–Kier alpha value is -3.43. The predicted octanol–water partition coefficient (Wildman–Crippen LogP) is 3.06. The van der Waals surface area contributed by atoms with Crippen molar-refractivity contribution in [1.29, 1.82) is 0 Å². The molecule has 0 bridgehead atoms. The second kappa shape index (κ2) is 12.9. The first kappa shape index (κ1) is 27.8. The van der Waals surface area contributed by atoms with Crippen LogP contribution >= 0.6 is 11.6 Å². The molecule has 0 amide bonds. The molecule has 2 aromatic carbocycles. The average molecular weight is 506 g/mol. The molecule has 0 heterocycles. The molecule has 2 aromatic rings. The van der Waals surface area contributed by atoms with Gasteiger partial charge in [-0.25, -0.2) is 19.2 Å². The third-order valence-electron chi connectivity index (χ3n) is 4.55. The lowest BCUT2D eigenvalue weighted by atomic mass is 10.1. The minimum absolute atomic E-state index is 0.0493. The zero-order chi connectivity index (χ0) is 26.0. The standard InChI is InChI=1S/C25H28ClNO8/c1-25(2,3)27-15-18(14-26)33-24(32)20(35-23(31)17-12-8-5-9-13-17)19(21(28)29)34-22(30)16-10-6-4-7-11-16/h4-13,18-20,27H,14-15H2,1-3H3,(H,28,29)/t18-,19-,20-/m0/s1. The van der Waals surface area contributed by atoms with E-state index in [-0.39, 0.29) is 29.1 Å². The van der Waals surface area contributed by atoms with Gasteiger partial charge >= 0.3 is 23.9 Å². The van der Waals surface area contributed by atoms with Crippen LogP contribution in [0.25, 0.3) is 0 Å². The molecular weight excluding hydrogens is 478 g/mol. The summed E-state index contributed by atoms with van der Waals surface area (Å²) in [6.07, 6.45) is -5.14. The van der Waals surface area contributed by atoms with Crippen molar-refractivity contribution in [3.8, 4) is 0 Å². The Balaban J connectivity index is 2.30. The molecule has 0 aliphatic carbocycles. The fourth-order valence-corrected chi connectivity index (χ4v) is 2.94. The van der Waals surface area contributed by atoms with E-state index in [1.54, 1.807) is 36.4 Å². The van der Waals surface area contributed by atoms with Gasteiger partial charge in [0.2, 0.25) is 12.2 Å². The normalized spacial score (nSPS) is 13.7. The zero-order valence-electron chi connectivity index (χ0n) is 19.6. The molecule has 0 aliphatic rings. The van der Waals surface area contributed by atoms with Crippen LogP contribution in [0.4, 0.5) is 0 Å². The minimum atomic E-state index is -2.17. The Morgan fingerprint density at radius 1 is 0.829 bits per heavy atom. The Labute approximate surface area is 208 Å². The topological polar surface area (TPSA) is 128 Å². The molecule has 0 spiro atoms. The van der Waals surface area contributed by atoms with Crippen LogP contribution in [-0.4, -0.2) is 65.3 Å². The highest BCUT2D eigenvalue weighted by Crippen LogP contribution is 2.16. The van der Waals surface area contributed by atoms with Gasteiger partial charge in [0.15, 0.2) is 0 Å². The number of nitrogens with one attached hydrogen (secondary N) is 1. The smallest absolute Gasteiger partial charge is 0.352 e. The van der Waals surface area contributed by atoms with Crippen molar-refractivity contribution in [3.05, 3.63) is 71.8 Å². The molecule has 9 nitrogen and oxygen atoms in total. The number of alkyl halides is 1. The van der Waals surface area contributed by atoms with Crippen LogP contribution in [0.1, 0.15) is 41.5 Å². The van der Waals surface area contributed by atoms with Gasteiger partial charge in [0.05, 0.1) is 17.0 Å². The van der Waals surface area contributed by atoms with E-state index < -0.39 is 42.2 Å². The lowest BCUT2D eigenvalue weighted by Crippen LogP contribution is -2.49. The van der Waals surface area contributed by atoms with Gasteiger partial charge in [0.25, 0.3) is 0 Å². The van der Waals surface area contributed by atoms with Crippen molar-refractivity contribution < 1.29 is 38.5 Å². The van der Waals surface area contributed by atoms with Gasteiger partial charge in [-0.3, -0.25) is 0 Å². The second-order valence-electron chi connectivity index (χ2n) is 8.57. The summed E-state index contributed by atoms with van der Waals surface area (Å²) in [6.45, 7) is 5.84. The second-order valence-corrected chi connectivity index (χ2v) is 8.87. The van der Waals surface area contributed by atoms with Crippen molar-refractivity contribution in [1.82, 2.24) is 5.32 Å². The third-order valence-corrected chi connectivity index (χ3v) is 4.90. The molecule has 0 fully saturated rings. The van der Waals surface area contributed by atoms with Crippen molar-refractivity contribution in [3.63, 3.8) is 0 Å². The highest BCUT2D eigenvalue weighted by molar-refractivity contribution is 6.18. The molecule has 0 radical (unpaired) electrons. The number of benzene rings is 2. The Bertz CT molecular complexity index is 1010. The lowest BCUT2D eigenvalue weighted by molar-refractivity contribution is -0.173. The number of ether oxygens (including phenoxy) is 3. The Morgan fingerprint density at radius 3 is 1.69 bits per heavy atom. The number of carbonyl (C=O) groups excluding carboxylic acids is 3. The summed E-state index contributed by atoms with van der Waals surface area (Å²) in [4.78, 5) is 50.2. The fourth-order valence-electron chi connectivity index (χ4n) is 2.77. The van der Waals surface area contributed by atoms with Crippen molar-refractivity contribution >= 4 is 35.5 Å². The van der Waals surface area contributed by atoms with Gasteiger partial charge in [-0.2, -0.15) is 0 Å². The summed E-state index contributed by atoms with van der Waals surface area (Å²) in [5, 5.41) is 12.9. The van der Waals surface area contributed by atoms with Crippen molar-refractivity contribution in [2.75, 3.05) is 12.4 Å². The van der Waals surface area contributed by atoms with E-state index in [0.717, 1.165) is 0 Å². The van der Waals surface area contributed by atoms with Crippen molar-refractivity contribution in [2.45, 2.75) is 44.6 Å². The van der Waals surface area contributed by atoms with Gasteiger partial charge in [-0.15, -0.1) is 11.6 Å². The minimum Gasteiger partial charge on any atom is -0.478 e. The molecular formula is C25H28ClNO8. The molecule has 2 rings (SSSR count). The van der Waals surface area contributed by atoms with Gasteiger partial charge in [-0.05, 0) is 45.0 Å². The SMILES string of the molecule is CC(C)(C)NC[C@H](CCl)OC(=O)[C@@H](OC(=O)c1ccccc1)[C@H](OC(=O)c1ccccc1)C(=O)O. The van der Waals surface area contributed by atoms with E-state index in [4.69, 9.17) is 25.8 Å². The van der Waals surface area contributed by atoms with Crippen molar-refractivity contribution in [2.24, 2.45) is 0 Å². The largest absolute Gasteiger partial charge is 0.478 e. The molecule has 0 unspecified atom stereocenters. The highest BCUT2D eigenvalue weighted by Gasteiger charge is 2.43. The quantitative estimate of drug-likeness (QED) is 0.269. The number of rotatable bonds is 11. The van der Waals surface area contributed by atoms with E-state index in [0.29, 0.717) is 0 Å². The van der Waals surface area contributed by atoms with Crippen LogP contribution in [0, 0.1) is 0 Å². The predicted molar refractivity (Wildman–Crippen MR) is 127 cm³/mol. The molecule has 3 atom stereocenters. The van der Waals surface area contributed by atoms with E-state index >= 15 is 0 Å². The van der Waals surface area contributed by atoms with Gasteiger partial charge in [0, 0.05) is 12.1 Å². The number of hydrogen-bond acceptors (Lipinski definition) is 8. The number of carboxylic acids is 1. The number of carbonyl (C=O) groups is 4. The Morgan fingerprint density at radius 2 is 1.29 bits per heavy atom.